The van der Waals surface area contributed by atoms with Crippen LogP contribution in [0.3, 0.4) is 0 Å². The maximum Gasteiger partial charge on any atom is 0.376 e. The van der Waals surface area contributed by atoms with Gasteiger partial charge in [0.1, 0.15) is 11.9 Å². The van der Waals surface area contributed by atoms with Crippen molar-refractivity contribution in [3.63, 3.8) is 0 Å². The van der Waals surface area contributed by atoms with E-state index in [4.69, 9.17) is 5.26 Å². The van der Waals surface area contributed by atoms with E-state index in [9.17, 15) is 4.79 Å². The molecule has 2 rings (SSSR count). The highest BCUT2D eigenvalue weighted by molar-refractivity contribution is 5.85. The van der Waals surface area contributed by atoms with Crippen molar-refractivity contribution in [2.75, 3.05) is 7.11 Å². The third-order valence-corrected chi connectivity index (χ3v) is 2.00. The number of imidazole rings is 1. The van der Waals surface area contributed by atoms with Crippen LogP contribution in [0.15, 0.2) is 24.7 Å². The maximum absolute atomic E-state index is 11.3. The summed E-state index contributed by atoms with van der Waals surface area (Å²) in [6.07, 6.45) is 4.45. The Morgan fingerprint density at radius 2 is 2.29 bits per heavy atom. The van der Waals surface area contributed by atoms with Gasteiger partial charge in [0, 0.05) is 18.6 Å². The lowest BCUT2D eigenvalue weighted by atomic mass is 10.5. The second-order valence-corrected chi connectivity index (χ2v) is 2.96. The Morgan fingerprint density at radius 3 is 3.00 bits per heavy atom. The van der Waals surface area contributed by atoms with Crippen molar-refractivity contribution < 1.29 is 9.53 Å². The molecule has 0 bridgehead atoms. The summed E-state index contributed by atoms with van der Waals surface area (Å²) in [6.45, 7) is 0. The molecule has 0 aliphatic rings. The Bertz CT molecular complexity index is 599. The van der Waals surface area contributed by atoms with Crippen molar-refractivity contribution in [3.05, 3.63) is 36.3 Å². The van der Waals surface area contributed by atoms with E-state index in [1.165, 1.54) is 24.1 Å². The van der Waals surface area contributed by atoms with E-state index in [-0.39, 0.29) is 11.6 Å². The monoisotopic (exact) mass is 229 g/mol. The number of rotatable bonds is 2. The summed E-state index contributed by atoms with van der Waals surface area (Å²) in [5.41, 5.74) is 0. The molecule has 0 aromatic carbocycles. The van der Waals surface area contributed by atoms with Crippen LogP contribution in [0.4, 0.5) is 0 Å². The molecular weight excluding hydrogens is 222 g/mol. The van der Waals surface area contributed by atoms with Gasteiger partial charge < -0.3 is 4.74 Å². The van der Waals surface area contributed by atoms with E-state index in [0.717, 1.165) is 0 Å². The van der Waals surface area contributed by atoms with Crippen molar-refractivity contribution in [1.29, 1.82) is 5.26 Å². The summed E-state index contributed by atoms with van der Waals surface area (Å²) in [5, 5.41) is 8.82. The van der Waals surface area contributed by atoms with Gasteiger partial charge in [-0.25, -0.2) is 19.7 Å². The molecule has 2 aromatic rings. The molecule has 7 nitrogen and oxygen atoms in total. The highest BCUT2D eigenvalue weighted by Crippen LogP contribution is 2.07. The maximum atomic E-state index is 11.3. The number of esters is 1. The molecule has 0 saturated heterocycles. The molecule has 17 heavy (non-hydrogen) atoms. The van der Waals surface area contributed by atoms with Crippen LogP contribution in [0.25, 0.3) is 5.82 Å². The lowest BCUT2D eigenvalue weighted by Gasteiger charge is -2.03. The molecule has 7 heteroatoms. The lowest BCUT2D eigenvalue weighted by molar-refractivity contribution is 0.0586. The molecule has 0 amide bonds. The minimum absolute atomic E-state index is 0.0670. The second kappa shape index (κ2) is 4.40. The van der Waals surface area contributed by atoms with Crippen molar-refractivity contribution in [3.8, 4) is 11.9 Å². The molecule has 0 aliphatic heterocycles. The van der Waals surface area contributed by atoms with Crippen LogP contribution < -0.4 is 0 Å². The van der Waals surface area contributed by atoms with E-state index >= 15 is 0 Å². The summed E-state index contributed by atoms with van der Waals surface area (Å²) in [4.78, 5) is 22.8. The van der Waals surface area contributed by atoms with Gasteiger partial charge in [-0.3, -0.25) is 4.57 Å². The standard InChI is InChI=1S/C10H7N5O2/c1-17-10(16)9-13-3-2-7(14-9)15-5-4-12-8(15)6-11/h2-5H,1H3. The Morgan fingerprint density at radius 1 is 1.47 bits per heavy atom. The molecule has 0 radical (unpaired) electrons. The van der Waals surface area contributed by atoms with Crippen LogP contribution >= 0.6 is 0 Å². The van der Waals surface area contributed by atoms with Gasteiger partial charge in [-0.05, 0) is 6.07 Å². The minimum Gasteiger partial charge on any atom is -0.463 e. The van der Waals surface area contributed by atoms with Crippen LogP contribution in [0.1, 0.15) is 16.4 Å². The first-order valence-electron chi connectivity index (χ1n) is 4.61. The van der Waals surface area contributed by atoms with E-state index < -0.39 is 5.97 Å². The number of nitriles is 1. The van der Waals surface area contributed by atoms with Crippen molar-refractivity contribution in [2.24, 2.45) is 0 Å². The summed E-state index contributed by atoms with van der Waals surface area (Å²) in [5.74, 6) is -0.137. The van der Waals surface area contributed by atoms with Crippen LogP contribution in [-0.4, -0.2) is 32.6 Å². The van der Waals surface area contributed by atoms with Crippen molar-refractivity contribution in [1.82, 2.24) is 19.5 Å². The van der Waals surface area contributed by atoms with Crippen LogP contribution in [-0.2, 0) is 4.74 Å². The molecule has 0 saturated carbocycles. The first-order chi connectivity index (χ1) is 8.26. The molecule has 0 N–H and O–H groups in total. The Kier molecular flexibility index (Phi) is 2.79. The SMILES string of the molecule is COC(=O)c1nccc(-n2ccnc2C#N)n1. The zero-order valence-electron chi connectivity index (χ0n) is 8.86. The number of aromatic nitrogens is 4. The largest absolute Gasteiger partial charge is 0.463 e. The summed E-state index contributed by atoms with van der Waals surface area (Å²) in [6, 6.07) is 3.48. The number of carbonyl (C=O) groups excluding carboxylic acids is 1. The van der Waals surface area contributed by atoms with E-state index in [1.54, 1.807) is 12.3 Å². The van der Waals surface area contributed by atoms with Crippen LogP contribution in [0.5, 0.6) is 0 Å². The Hall–Kier alpha value is -2.75. The van der Waals surface area contributed by atoms with Gasteiger partial charge >= 0.3 is 5.97 Å². The number of carbonyl (C=O) groups is 1. The predicted molar refractivity (Wildman–Crippen MR) is 55.2 cm³/mol. The van der Waals surface area contributed by atoms with E-state index in [0.29, 0.717) is 5.82 Å². The van der Waals surface area contributed by atoms with Crippen molar-refractivity contribution in [2.45, 2.75) is 0 Å². The minimum atomic E-state index is -0.634. The average Bonchev–Trinajstić information content (AvgIpc) is 2.86. The fourth-order valence-corrected chi connectivity index (χ4v) is 1.24. The molecule has 0 atom stereocenters. The predicted octanol–water partition coefficient (Wildman–Crippen LogP) is 0.321. The van der Waals surface area contributed by atoms with E-state index in [2.05, 4.69) is 19.7 Å². The summed E-state index contributed by atoms with van der Waals surface area (Å²) < 4.78 is 5.96. The summed E-state index contributed by atoms with van der Waals surface area (Å²) >= 11 is 0. The molecule has 0 fully saturated rings. The number of hydrogen-bond donors (Lipinski definition) is 0. The molecule has 0 aliphatic carbocycles. The molecular formula is C10H7N5O2. The topological polar surface area (TPSA) is 93.7 Å². The molecule has 0 spiro atoms. The molecule has 0 unspecified atom stereocenters. The number of hydrogen-bond acceptors (Lipinski definition) is 6. The van der Waals surface area contributed by atoms with Crippen LogP contribution in [0, 0.1) is 11.3 Å². The zero-order valence-corrected chi connectivity index (χ0v) is 8.86. The third-order valence-electron chi connectivity index (χ3n) is 2.00. The molecule has 84 valence electrons. The number of nitrogens with zero attached hydrogens (tertiary/aromatic N) is 5. The number of ether oxygens (including phenoxy) is 1. The van der Waals surface area contributed by atoms with Gasteiger partial charge in [0.05, 0.1) is 7.11 Å². The first kappa shape index (κ1) is 10.8. The fourth-order valence-electron chi connectivity index (χ4n) is 1.24. The number of methoxy groups -OCH3 is 1. The first-order valence-corrected chi connectivity index (χ1v) is 4.61. The normalized spacial score (nSPS) is 9.65. The smallest absolute Gasteiger partial charge is 0.376 e. The van der Waals surface area contributed by atoms with Gasteiger partial charge in [0.15, 0.2) is 0 Å². The Labute approximate surface area is 96.3 Å². The second-order valence-electron chi connectivity index (χ2n) is 2.96. The fraction of sp³-hybridized carbons (Fsp3) is 0.100. The highest BCUT2D eigenvalue weighted by Gasteiger charge is 2.11. The van der Waals surface area contributed by atoms with E-state index in [1.807, 2.05) is 6.07 Å². The lowest BCUT2D eigenvalue weighted by Crippen LogP contribution is -2.10. The molecule has 2 aromatic heterocycles. The van der Waals surface area contributed by atoms with Crippen molar-refractivity contribution >= 4 is 5.97 Å². The Balaban J connectivity index is 2.47. The zero-order chi connectivity index (χ0) is 12.3. The van der Waals surface area contributed by atoms with Gasteiger partial charge in [-0.15, -0.1) is 0 Å². The quantitative estimate of drug-likeness (QED) is 0.688. The van der Waals surface area contributed by atoms with Gasteiger partial charge in [-0.1, -0.05) is 0 Å². The van der Waals surface area contributed by atoms with Gasteiger partial charge in [0.25, 0.3) is 0 Å². The molecule has 2 heterocycles. The van der Waals surface area contributed by atoms with Gasteiger partial charge in [0.2, 0.25) is 11.6 Å². The van der Waals surface area contributed by atoms with Gasteiger partial charge in [-0.2, -0.15) is 5.26 Å². The highest BCUT2D eigenvalue weighted by atomic mass is 16.5. The third kappa shape index (κ3) is 1.96. The summed E-state index contributed by atoms with van der Waals surface area (Å²) in [7, 11) is 1.25. The average molecular weight is 229 g/mol. The van der Waals surface area contributed by atoms with Crippen LogP contribution in [0.2, 0.25) is 0 Å².